The number of rotatable bonds is 11. The average molecular weight is 494 g/mol. The summed E-state index contributed by atoms with van der Waals surface area (Å²) < 4.78 is 45.9. The van der Waals surface area contributed by atoms with E-state index in [1.807, 2.05) is 6.92 Å². The molecule has 0 aliphatic carbocycles. The first-order valence-corrected chi connectivity index (χ1v) is 11.3. The van der Waals surface area contributed by atoms with Gasteiger partial charge in [-0.2, -0.15) is 0 Å². The Kier molecular flexibility index (Phi) is 10.1. The van der Waals surface area contributed by atoms with Gasteiger partial charge >= 0.3 is 0 Å². The van der Waals surface area contributed by atoms with Crippen molar-refractivity contribution in [2.45, 2.75) is 40.2 Å². The van der Waals surface area contributed by atoms with Gasteiger partial charge < -0.3 is 20.3 Å². The fraction of sp³-hybridized carbons (Fsp3) is 0.400. The van der Waals surface area contributed by atoms with Gasteiger partial charge in [0.05, 0.1) is 18.8 Å². The highest BCUT2D eigenvalue weighted by Gasteiger charge is 2.30. The van der Waals surface area contributed by atoms with E-state index in [-0.39, 0.29) is 12.5 Å². The normalized spacial score (nSPS) is 11.7. The van der Waals surface area contributed by atoms with E-state index in [1.54, 1.807) is 45.0 Å². The molecule has 0 aliphatic heterocycles. The number of benzene rings is 2. The molecule has 2 rings (SSSR count). The molecule has 0 radical (unpaired) electrons. The Morgan fingerprint density at radius 1 is 0.971 bits per heavy atom. The van der Waals surface area contributed by atoms with E-state index in [2.05, 4.69) is 10.6 Å². The van der Waals surface area contributed by atoms with E-state index in [0.29, 0.717) is 30.4 Å². The summed E-state index contributed by atoms with van der Waals surface area (Å²) in [6.07, 6.45) is 0.510. The average Bonchev–Trinajstić information content (AvgIpc) is 2.82. The predicted octanol–water partition coefficient (Wildman–Crippen LogP) is 4.13. The van der Waals surface area contributed by atoms with Crippen LogP contribution in [0.2, 0.25) is 0 Å². The lowest BCUT2D eigenvalue weighted by molar-refractivity contribution is -0.137. The minimum atomic E-state index is -1.71. The summed E-state index contributed by atoms with van der Waals surface area (Å²) in [5.74, 6) is -6.08. The lowest BCUT2D eigenvalue weighted by Crippen LogP contribution is -2.53. The first-order valence-electron chi connectivity index (χ1n) is 11.3. The molecule has 2 N–H and O–H groups in total. The lowest BCUT2D eigenvalue weighted by atomic mass is 10.0. The molecule has 1 atom stereocenters. The fourth-order valence-corrected chi connectivity index (χ4v) is 3.33. The maximum Gasteiger partial charge on any atom is 0.251 e. The SMILES string of the molecule is CCCN(CC(=O)Nc1ccc(F)c(F)c1F)C(=O)C(NC(=O)c1ccc(OCC)cc1)C(C)C. The van der Waals surface area contributed by atoms with Gasteiger partial charge in [-0.1, -0.05) is 20.8 Å². The van der Waals surface area contributed by atoms with E-state index >= 15 is 0 Å². The zero-order chi connectivity index (χ0) is 26.1. The highest BCUT2D eigenvalue weighted by molar-refractivity contribution is 5.99. The standard InChI is InChI=1S/C25H30F3N3O4/c1-5-13-31(14-20(32)29-19-12-11-18(26)21(27)22(19)28)25(34)23(15(3)4)30-24(33)16-7-9-17(10-8-16)35-6-2/h7-12,15,23H,5-6,13-14H2,1-4H3,(H,29,32)(H,30,33). The number of hydrogen-bond acceptors (Lipinski definition) is 4. The summed E-state index contributed by atoms with van der Waals surface area (Å²) in [5, 5.41) is 4.87. The van der Waals surface area contributed by atoms with E-state index in [4.69, 9.17) is 4.74 Å². The topological polar surface area (TPSA) is 87.7 Å². The highest BCUT2D eigenvalue weighted by Crippen LogP contribution is 2.20. The highest BCUT2D eigenvalue weighted by atomic mass is 19.2. The van der Waals surface area contributed by atoms with Gasteiger partial charge in [-0.05, 0) is 55.7 Å². The van der Waals surface area contributed by atoms with E-state index < -0.39 is 53.4 Å². The minimum Gasteiger partial charge on any atom is -0.494 e. The molecule has 2 aromatic rings. The number of ether oxygens (including phenoxy) is 1. The lowest BCUT2D eigenvalue weighted by Gasteiger charge is -2.29. The second-order valence-corrected chi connectivity index (χ2v) is 8.18. The van der Waals surface area contributed by atoms with Gasteiger partial charge in [0, 0.05) is 12.1 Å². The molecular formula is C25H30F3N3O4. The molecule has 0 fully saturated rings. The zero-order valence-corrected chi connectivity index (χ0v) is 20.2. The summed E-state index contributed by atoms with van der Waals surface area (Å²) in [7, 11) is 0. The first-order chi connectivity index (χ1) is 16.6. The van der Waals surface area contributed by atoms with Crippen LogP contribution in [0.5, 0.6) is 5.75 Å². The third-order valence-corrected chi connectivity index (χ3v) is 5.10. The van der Waals surface area contributed by atoms with Gasteiger partial charge in [0.25, 0.3) is 5.91 Å². The van der Waals surface area contributed by atoms with Gasteiger partial charge in [-0.15, -0.1) is 0 Å². The Labute approximate surface area is 202 Å². The van der Waals surface area contributed by atoms with Crippen LogP contribution in [0.3, 0.4) is 0 Å². The van der Waals surface area contributed by atoms with E-state index in [9.17, 15) is 27.6 Å². The van der Waals surface area contributed by atoms with Crippen LogP contribution in [0, 0.1) is 23.4 Å². The number of hydrogen-bond donors (Lipinski definition) is 2. The van der Waals surface area contributed by atoms with Crippen molar-refractivity contribution in [2.24, 2.45) is 5.92 Å². The van der Waals surface area contributed by atoms with Crippen LogP contribution in [-0.2, 0) is 9.59 Å². The molecule has 3 amide bonds. The van der Waals surface area contributed by atoms with Crippen molar-refractivity contribution < 1.29 is 32.3 Å². The quantitative estimate of drug-likeness (QED) is 0.461. The van der Waals surface area contributed by atoms with Crippen LogP contribution >= 0.6 is 0 Å². The number of amides is 3. The molecule has 0 aliphatic rings. The summed E-state index contributed by atoms with van der Waals surface area (Å²) in [6, 6.07) is 7.10. The maximum atomic E-state index is 13.9. The molecule has 0 bridgehead atoms. The zero-order valence-electron chi connectivity index (χ0n) is 20.2. The Bertz CT molecular complexity index is 1040. The molecule has 0 saturated carbocycles. The minimum absolute atomic E-state index is 0.189. The number of nitrogens with zero attached hydrogens (tertiary/aromatic N) is 1. The summed E-state index contributed by atoms with van der Waals surface area (Å²) in [4.78, 5) is 39.7. The number of anilines is 1. The van der Waals surface area contributed by atoms with Gasteiger partial charge in [-0.3, -0.25) is 14.4 Å². The van der Waals surface area contributed by atoms with Crippen molar-refractivity contribution >= 4 is 23.4 Å². The molecule has 1 unspecified atom stereocenters. The third-order valence-electron chi connectivity index (χ3n) is 5.10. The van der Waals surface area contributed by atoms with Crippen molar-refractivity contribution in [1.82, 2.24) is 10.2 Å². The van der Waals surface area contributed by atoms with Crippen LogP contribution in [0.1, 0.15) is 44.5 Å². The van der Waals surface area contributed by atoms with Crippen molar-refractivity contribution in [1.29, 1.82) is 0 Å². The van der Waals surface area contributed by atoms with Gasteiger partial charge in [0.1, 0.15) is 11.8 Å². The summed E-state index contributed by atoms with van der Waals surface area (Å²) >= 11 is 0. The van der Waals surface area contributed by atoms with Crippen molar-refractivity contribution in [3.8, 4) is 5.75 Å². The molecule has 10 heteroatoms. The van der Waals surface area contributed by atoms with Crippen LogP contribution in [-0.4, -0.2) is 48.4 Å². The monoisotopic (exact) mass is 493 g/mol. The molecule has 2 aromatic carbocycles. The second-order valence-electron chi connectivity index (χ2n) is 8.18. The predicted molar refractivity (Wildman–Crippen MR) is 126 cm³/mol. The number of carbonyl (C=O) groups is 3. The fourth-order valence-electron chi connectivity index (χ4n) is 3.33. The molecule has 35 heavy (non-hydrogen) atoms. The van der Waals surface area contributed by atoms with E-state index in [1.165, 1.54) is 4.90 Å². The molecule has 0 aromatic heterocycles. The van der Waals surface area contributed by atoms with Crippen LogP contribution in [0.25, 0.3) is 0 Å². The molecule has 0 heterocycles. The number of nitrogens with one attached hydrogen (secondary N) is 2. The Morgan fingerprint density at radius 2 is 1.63 bits per heavy atom. The summed E-state index contributed by atoms with van der Waals surface area (Å²) in [6.45, 7) is 7.36. The van der Waals surface area contributed by atoms with Gasteiger partial charge in [-0.25, -0.2) is 13.2 Å². The molecule has 0 saturated heterocycles. The van der Waals surface area contributed by atoms with Crippen molar-refractivity contribution in [2.75, 3.05) is 25.0 Å². The Morgan fingerprint density at radius 3 is 2.20 bits per heavy atom. The van der Waals surface area contributed by atoms with Gasteiger partial charge in [0.2, 0.25) is 11.8 Å². The summed E-state index contributed by atoms with van der Waals surface area (Å²) in [5.41, 5.74) is -0.206. The van der Waals surface area contributed by atoms with Crippen molar-refractivity contribution in [3.63, 3.8) is 0 Å². The van der Waals surface area contributed by atoms with Crippen LogP contribution in [0.4, 0.5) is 18.9 Å². The van der Waals surface area contributed by atoms with Gasteiger partial charge in [0.15, 0.2) is 17.5 Å². The molecule has 190 valence electrons. The molecular weight excluding hydrogens is 463 g/mol. The van der Waals surface area contributed by atoms with Crippen LogP contribution < -0.4 is 15.4 Å². The first kappa shape index (κ1) is 27.7. The molecule has 7 nitrogen and oxygen atoms in total. The third kappa shape index (κ3) is 7.46. The second kappa shape index (κ2) is 12.8. The van der Waals surface area contributed by atoms with Crippen LogP contribution in [0.15, 0.2) is 36.4 Å². The van der Waals surface area contributed by atoms with Crippen molar-refractivity contribution in [3.05, 3.63) is 59.4 Å². The smallest absolute Gasteiger partial charge is 0.251 e. The van der Waals surface area contributed by atoms with E-state index in [0.717, 1.165) is 6.07 Å². The largest absolute Gasteiger partial charge is 0.494 e. The Hall–Kier alpha value is -3.56. The molecule has 0 spiro atoms. The maximum absolute atomic E-state index is 13.9. The number of halogens is 3. The number of carbonyl (C=O) groups excluding carboxylic acids is 3. The Balaban J connectivity index is 2.13.